The van der Waals surface area contributed by atoms with Crippen molar-refractivity contribution in [3.8, 4) is 0 Å². The number of para-hydroxylation sites is 2. The van der Waals surface area contributed by atoms with Crippen molar-refractivity contribution in [3.63, 3.8) is 0 Å². The van der Waals surface area contributed by atoms with Crippen molar-refractivity contribution in [3.05, 3.63) is 168 Å². The topological polar surface area (TPSA) is 23.6 Å². The molecule has 230 valence electrons. The quantitative estimate of drug-likeness (QED) is 0.234. The second-order valence-corrected chi connectivity index (χ2v) is 17.4. The van der Waals surface area contributed by atoms with Crippen molar-refractivity contribution >= 4 is 119 Å². The molecule has 7 aromatic rings. The monoisotopic (exact) mass is 658 g/mol. The predicted octanol–water partition coefficient (Wildman–Crippen LogP) is 3.35. The molecule has 0 N–H and O–H groups in total. The molecule has 6 aliphatic heterocycles. The highest BCUT2D eigenvalue weighted by Crippen LogP contribution is 2.46. The van der Waals surface area contributed by atoms with Crippen molar-refractivity contribution in [2.24, 2.45) is 0 Å². The van der Waals surface area contributed by atoms with Gasteiger partial charge in [-0.3, -0.25) is 4.79 Å². The van der Waals surface area contributed by atoms with Gasteiger partial charge in [0, 0.05) is 45.3 Å². The standard InChI is InChI=1S/C45H25B2N2O.Al/c1-28-31-18-8-10-22-35(31)46-37-26-38-42(27-41(37)48(29-14-4-2-5-15-29)39-24-12-20-32(28)43(39)46)49(30-16-6-3-7-17-30)40-25-13-21-34-44(40)47(38)36-23-11-9-19-33(36)45(34)50;/h2-14,16,18-26H,1H2;. The lowest BCUT2D eigenvalue weighted by atomic mass is 9.28. The number of hydrogen-bond donors (Lipinski definition) is 0. The number of anilines is 6. The fourth-order valence-corrected chi connectivity index (χ4v) is 14.6. The largest absolute Gasteiger partial charge is 0.396 e. The van der Waals surface area contributed by atoms with E-state index in [1.54, 1.807) is 0 Å². The SMILES string of the molecule is C=C1c2ccccc2B2c3cc4c5[c]6c3N(c3cccc[c]3[Al]6[c]3ccccc3N5c3cccc5c3B4c3ccccc3C5=O)c3cccc1c32. The van der Waals surface area contributed by atoms with Gasteiger partial charge in [-0.2, -0.15) is 0 Å². The first-order chi connectivity index (χ1) is 25.2. The zero-order valence-corrected chi connectivity index (χ0v) is 28.7. The van der Waals surface area contributed by atoms with Crippen LogP contribution in [0.5, 0.6) is 0 Å². The van der Waals surface area contributed by atoms with Gasteiger partial charge in [0.15, 0.2) is 5.78 Å². The smallest absolute Gasteiger partial charge is 0.314 e. The summed E-state index contributed by atoms with van der Waals surface area (Å²) in [7, 11) is 0. The highest BCUT2D eigenvalue weighted by atomic mass is 27.2. The van der Waals surface area contributed by atoms with E-state index >= 15 is 0 Å². The third-order valence-electron chi connectivity index (χ3n) is 12.6. The van der Waals surface area contributed by atoms with Crippen LogP contribution in [0.3, 0.4) is 0 Å². The molecule has 0 aromatic heterocycles. The van der Waals surface area contributed by atoms with Crippen molar-refractivity contribution in [1.82, 2.24) is 0 Å². The van der Waals surface area contributed by atoms with Crippen LogP contribution in [0.15, 0.2) is 146 Å². The Labute approximate surface area is 300 Å². The van der Waals surface area contributed by atoms with Gasteiger partial charge in [-0.25, -0.2) is 0 Å². The molecule has 0 saturated heterocycles. The minimum atomic E-state index is -2.00. The summed E-state index contributed by atoms with van der Waals surface area (Å²) in [6.45, 7) is 4.71. The maximum atomic E-state index is 14.3. The third kappa shape index (κ3) is 2.99. The molecule has 0 amide bonds. The Kier molecular flexibility index (Phi) is 4.82. The Bertz CT molecular complexity index is 2670. The molecule has 0 fully saturated rings. The molecule has 0 atom stereocenters. The van der Waals surface area contributed by atoms with Crippen LogP contribution < -0.4 is 55.9 Å². The first-order valence-corrected chi connectivity index (χ1v) is 19.6. The number of carbonyl (C=O) groups excluding carboxylic acids is 1. The molecule has 0 saturated carbocycles. The van der Waals surface area contributed by atoms with Crippen LogP contribution in [0.2, 0.25) is 0 Å². The summed E-state index contributed by atoms with van der Waals surface area (Å²) in [5, 5.41) is 0. The number of hydrogen-bond acceptors (Lipinski definition) is 3. The molecule has 0 bridgehead atoms. The Balaban J connectivity index is 1.25. The van der Waals surface area contributed by atoms with E-state index in [-0.39, 0.29) is 19.2 Å². The summed E-state index contributed by atoms with van der Waals surface area (Å²) in [4.78, 5) is 19.4. The lowest BCUT2D eigenvalue weighted by Gasteiger charge is -2.52. The molecule has 6 heterocycles. The summed E-state index contributed by atoms with van der Waals surface area (Å²) in [6, 6.07) is 51.3. The van der Waals surface area contributed by atoms with Crippen LogP contribution in [0.4, 0.5) is 34.1 Å². The summed E-state index contributed by atoms with van der Waals surface area (Å²) in [5.41, 5.74) is 20.5. The number of rotatable bonds is 0. The van der Waals surface area contributed by atoms with Gasteiger partial charge in [-0.1, -0.05) is 146 Å². The average molecular weight is 658 g/mol. The lowest BCUT2D eigenvalue weighted by Crippen LogP contribution is -2.72. The van der Waals surface area contributed by atoms with E-state index in [0.717, 1.165) is 33.3 Å². The van der Waals surface area contributed by atoms with E-state index in [9.17, 15) is 4.79 Å². The van der Waals surface area contributed by atoms with Crippen molar-refractivity contribution in [2.75, 3.05) is 9.80 Å². The van der Waals surface area contributed by atoms with E-state index in [0.29, 0.717) is 0 Å². The Morgan fingerprint density at radius 2 is 0.941 bits per heavy atom. The van der Waals surface area contributed by atoms with Gasteiger partial charge in [-0.15, -0.1) is 0 Å². The van der Waals surface area contributed by atoms with Crippen LogP contribution in [0.1, 0.15) is 27.0 Å². The van der Waals surface area contributed by atoms with Crippen LogP contribution in [-0.2, 0) is 0 Å². The number of carbonyl (C=O) groups is 1. The number of fused-ring (bicyclic) bond motifs is 14. The molecule has 0 radical (unpaired) electrons. The Morgan fingerprint density at radius 1 is 0.471 bits per heavy atom. The summed E-state index contributed by atoms with van der Waals surface area (Å²) in [6.07, 6.45) is 0. The minimum Gasteiger partial charge on any atom is -0.314 e. The van der Waals surface area contributed by atoms with Crippen molar-refractivity contribution in [1.29, 1.82) is 0 Å². The summed E-state index contributed by atoms with van der Waals surface area (Å²) >= 11 is -2.00. The van der Waals surface area contributed by atoms with Crippen LogP contribution in [-0.4, -0.2) is 33.4 Å². The van der Waals surface area contributed by atoms with Gasteiger partial charge in [0.1, 0.15) is 0 Å². The first-order valence-electron chi connectivity index (χ1n) is 17.9. The second-order valence-electron chi connectivity index (χ2n) is 14.7. The van der Waals surface area contributed by atoms with Crippen molar-refractivity contribution in [2.45, 2.75) is 0 Å². The molecule has 13 rings (SSSR count). The van der Waals surface area contributed by atoms with Gasteiger partial charge >= 0.3 is 14.1 Å². The number of benzene rings is 7. The van der Waals surface area contributed by atoms with E-state index < -0.39 is 14.1 Å². The summed E-state index contributed by atoms with van der Waals surface area (Å²) < 4.78 is 4.40. The highest BCUT2D eigenvalue weighted by Gasteiger charge is 2.54. The van der Waals surface area contributed by atoms with Gasteiger partial charge in [-0.05, 0) is 62.8 Å². The molecule has 6 aliphatic rings. The maximum Gasteiger partial charge on any atom is 0.396 e. The normalized spacial score (nSPS) is 15.3. The zero-order chi connectivity index (χ0) is 33.3. The lowest BCUT2D eigenvalue weighted by molar-refractivity contribution is 0.104. The van der Waals surface area contributed by atoms with Gasteiger partial charge in [0.25, 0.3) is 0 Å². The fourth-order valence-electron chi connectivity index (χ4n) is 10.8. The fraction of sp³-hybridized carbons (Fsp3) is 0. The van der Waals surface area contributed by atoms with Crippen LogP contribution in [0, 0.1) is 0 Å². The molecular formula is C45H25AlB2N2O. The number of nitrogens with zero attached hydrogens (tertiary/aromatic N) is 2. The maximum absolute atomic E-state index is 14.3. The second kappa shape index (κ2) is 9.11. The molecule has 6 heteroatoms. The van der Waals surface area contributed by atoms with E-state index in [4.69, 9.17) is 0 Å². The van der Waals surface area contributed by atoms with Gasteiger partial charge < -0.3 is 9.80 Å². The Hall–Kier alpha value is -5.79. The molecule has 0 spiro atoms. The molecule has 0 aliphatic carbocycles. The average Bonchev–Trinajstić information content (AvgIpc) is 3.19. The third-order valence-corrected chi connectivity index (χ3v) is 16.0. The van der Waals surface area contributed by atoms with E-state index in [2.05, 4.69) is 144 Å². The van der Waals surface area contributed by atoms with Crippen LogP contribution in [0.25, 0.3) is 5.57 Å². The molecule has 51 heavy (non-hydrogen) atoms. The molecule has 7 aromatic carbocycles. The Morgan fingerprint density at radius 3 is 1.59 bits per heavy atom. The predicted molar refractivity (Wildman–Crippen MR) is 214 cm³/mol. The van der Waals surface area contributed by atoms with Gasteiger partial charge in [0.05, 0.1) is 0 Å². The molecule has 0 unspecified atom stereocenters. The highest BCUT2D eigenvalue weighted by molar-refractivity contribution is 7.07. The number of ketones is 1. The first kappa shape index (κ1) is 27.0. The minimum absolute atomic E-state index is 0.0473. The van der Waals surface area contributed by atoms with Gasteiger partial charge in [0.2, 0.25) is 13.4 Å². The molecule has 3 nitrogen and oxygen atoms in total. The summed E-state index contributed by atoms with van der Waals surface area (Å²) in [5.74, 6) is 0.123. The van der Waals surface area contributed by atoms with E-state index in [1.807, 2.05) is 12.1 Å². The van der Waals surface area contributed by atoms with Crippen molar-refractivity contribution < 1.29 is 4.79 Å². The van der Waals surface area contributed by atoms with Crippen LogP contribution >= 0.6 is 0 Å². The zero-order valence-electron chi connectivity index (χ0n) is 27.5. The van der Waals surface area contributed by atoms with E-state index in [1.165, 1.54) is 74.7 Å². The molecular weight excluding hydrogens is 633 g/mol.